The number of hydrogen-bond donors (Lipinski definition) is 1. The lowest BCUT2D eigenvalue weighted by molar-refractivity contribution is -0.185. The van der Waals surface area contributed by atoms with Gasteiger partial charge in [0.2, 0.25) is 0 Å². The van der Waals surface area contributed by atoms with Gasteiger partial charge in [0.1, 0.15) is 9.84 Å². The molecule has 3 amide bonds. The third-order valence-corrected chi connectivity index (χ3v) is 7.01. The second-order valence-corrected chi connectivity index (χ2v) is 9.93. The summed E-state index contributed by atoms with van der Waals surface area (Å²) in [4.78, 5) is 28.8. The van der Waals surface area contributed by atoms with Gasteiger partial charge in [-0.15, -0.1) is 0 Å². The summed E-state index contributed by atoms with van der Waals surface area (Å²) in [5.41, 5.74) is -0.294. The number of nitrogens with zero attached hydrogens (tertiary/aromatic N) is 3. The maximum Gasteiger partial charge on any atom is 0.407 e. The van der Waals surface area contributed by atoms with Crippen LogP contribution in [0, 0.1) is 5.41 Å². The molecule has 2 bridgehead atoms. The molecule has 8 nitrogen and oxygen atoms in total. The Morgan fingerprint density at radius 1 is 1.26 bits per heavy atom. The first kappa shape index (κ1) is 15.0. The Balaban J connectivity index is 1.43. The van der Waals surface area contributed by atoms with E-state index in [9.17, 15) is 18.0 Å². The predicted molar refractivity (Wildman–Crippen MR) is 80.9 cm³/mol. The molecule has 2 saturated heterocycles. The molecule has 3 aliphatic carbocycles. The number of carboxylic acid groups (broad SMARTS) is 1. The van der Waals surface area contributed by atoms with Crippen molar-refractivity contribution in [2.24, 2.45) is 5.41 Å². The van der Waals surface area contributed by atoms with Crippen molar-refractivity contribution in [3.8, 4) is 0 Å². The maximum absolute atomic E-state index is 12.6. The van der Waals surface area contributed by atoms with Crippen LogP contribution >= 0.6 is 0 Å². The van der Waals surface area contributed by atoms with Crippen molar-refractivity contribution in [1.29, 1.82) is 0 Å². The zero-order chi connectivity index (χ0) is 16.6. The molecule has 0 aromatic heterocycles. The first-order valence-corrected chi connectivity index (χ1v) is 9.93. The fourth-order valence-electron chi connectivity index (χ4n) is 5.21. The minimum absolute atomic E-state index is 0.00676. The number of hydrogen-bond acceptors (Lipinski definition) is 4. The van der Waals surface area contributed by atoms with Gasteiger partial charge in [0, 0.05) is 38.0 Å². The summed E-state index contributed by atoms with van der Waals surface area (Å²) in [6.07, 6.45) is 2.63. The molecule has 5 aliphatic rings. The largest absolute Gasteiger partial charge is 0.465 e. The topological polar surface area (TPSA) is 98.2 Å². The van der Waals surface area contributed by atoms with Crippen LogP contribution < -0.4 is 0 Å². The van der Waals surface area contributed by atoms with Gasteiger partial charge in [-0.3, -0.25) is 0 Å². The highest BCUT2D eigenvalue weighted by Gasteiger charge is 2.73. The molecule has 5 rings (SSSR count). The molecule has 2 aliphatic heterocycles. The summed E-state index contributed by atoms with van der Waals surface area (Å²) in [6, 6.07) is -0.0834. The summed E-state index contributed by atoms with van der Waals surface area (Å²) in [7, 11) is -2.99. The zero-order valence-corrected chi connectivity index (χ0v) is 13.9. The molecular formula is C14H21N3O5S. The maximum atomic E-state index is 12.6. The van der Waals surface area contributed by atoms with Crippen molar-refractivity contribution in [3.05, 3.63) is 0 Å². The molecule has 23 heavy (non-hydrogen) atoms. The molecule has 0 unspecified atom stereocenters. The molecule has 1 N–H and O–H groups in total. The van der Waals surface area contributed by atoms with Gasteiger partial charge in [0.15, 0.2) is 0 Å². The van der Waals surface area contributed by atoms with Gasteiger partial charge in [-0.2, -0.15) is 0 Å². The van der Waals surface area contributed by atoms with Gasteiger partial charge in [-0.1, -0.05) is 0 Å². The highest BCUT2D eigenvalue weighted by atomic mass is 32.2. The van der Waals surface area contributed by atoms with E-state index < -0.39 is 15.9 Å². The summed E-state index contributed by atoms with van der Waals surface area (Å²) in [6.45, 7) is 1.72. The number of piperazine rings is 1. The average Bonchev–Trinajstić information content (AvgIpc) is 2.68. The van der Waals surface area contributed by atoms with E-state index in [0.717, 1.165) is 19.3 Å². The molecule has 0 spiro atoms. The molecule has 9 heteroatoms. The van der Waals surface area contributed by atoms with E-state index in [4.69, 9.17) is 5.11 Å². The third-order valence-electron chi connectivity index (χ3n) is 5.88. The highest BCUT2D eigenvalue weighted by molar-refractivity contribution is 7.90. The van der Waals surface area contributed by atoms with Crippen LogP contribution in [0.1, 0.15) is 19.3 Å². The van der Waals surface area contributed by atoms with Crippen molar-refractivity contribution in [1.82, 2.24) is 14.7 Å². The smallest absolute Gasteiger partial charge is 0.407 e. The first-order chi connectivity index (χ1) is 10.6. The van der Waals surface area contributed by atoms with Crippen molar-refractivity contribution < 1.29 is 23.1 Å². The zero-order valence-electron chi connectivity index (χ0n) is 13.1. The minimum Gasteiger partial charge on any atom is -0.465 e. The van der Waals surface area contributed by atoms with Gasteiger partial charge in [-0.25, -0.2) is 18.0 Å². The van der Waals surface area contributed by atoms with Gasteiger partial charge in [0.25, 0.3) is 0 Å². The number of carbonyl (C=O) groups excluding carboxylic acids is 1. The Labute approximate surface area is 134 Å². The van der Waals surface area contributed by atoms with Crippen LogP contribution in [0.4, 0.5) is 9.59 Å². The van der Waals surface area contributed by atoms with Gasteiger partial charge in [0.05, 0.1) is 11.8 Å². The molecule has 128 valence electrons. The Hall–Kier alpha value is -1.51. The first-order valence-electron chi connectivity index (χ1n) is 7.87. The fourth-order valence-corrected chi connectivity index (χ4v) is 6.63. The average molecular weight is 343 g/mol. The van der Waals surface area contributed by atoms with Crippen LogP contribution in [0.5, 0.6) is 0 Å². The van der Waals surface area contributed by atoms with Crippen LogP contribution in [0.3, 0.4) is 0 Å². The van der Waals surface area contributed by atoms with Crippen molar-refractivity contribution in [2.45, 2.75) is 30.8 Å². The Bertz CT molecular complexity index is 671. The Morgan fingerprint density at radius 3 is 2.48 bits per heavy atom. The lowest BCUT2D eigenvalue weighted by atomic mass is 9.39. The minimum atomic E-state index is -2.99. The molecule has 0 aromatic rings. The van der Waals surface area contributed by atoms with Crippen LogP contribution in [0.25, 0.3) is 0 Å². The van der Waals surface area contributed by atoms with E-state index in [0.29, 0.717) is 26.2 Å². The second kappa shape index (κ2) is 4.31. The second-order valence-electron chi connectivity index (χ2n) is 7.79. The van der Waals surface area contributed by atoms with Crippen LogP contribution in [-0.4, -0.2) is 90.1 Å². The van der Waals surface area contributed by atoms with E-state index in [1.165, 1.54) is 11.2 Å². The van der Waals surface area contributed by atoms with E-state index in [1.807, 2.05) is 4.90 Å². The van der Waals surface area contributed by atoms with Crippen LogP contribution in [0.2, 0.25) is 0 Å². The molecule has 3 saturated carbocycles. The van der Waals surface area contributed by atoms with Crippen LogP contribution in [-0.2, 0) is 9.84 Å². The molecule has 1 atom stereocenters. The molecule has 2 heterocycles. The van der Waals surface area contributed by atoms with Gasteiger partial charge >= 0.3 is 12.1 Å². The molecule has 0 radical (unpaired) electrons. The monoisotopic (exact) mass is 343 g/mol. The number of amides is 3. The predicted octanol–water partition coefficient (Wildman–Crippen LogP) is 0.0535. The number of rotatable bonds is 3. The van der Waals surface area contributed by atoms with E-state index in [2.05, 4.69) is 0 Å². The van der Waals surface area contributed by atoms with E-state index in [-0.39, 0.29) is 28.8 Å². The van der Waals surface area contributed by atoms with Gasteiger partial charge < -0.3 is 19.8 Å². The Kier molecular flexibility index (Phi) is 2.82. The van der Waals surface area contributed by atoms with Crippen molar-refractivity contribution in [2.75, 3.05) is 38.2 Å². The SMILES string of the molecule is CS(=O)(=O)CC12CC(N3C[C@@H]4CN(C(=O)O)CCN4C3=O)(C1)C2. The normalized spacial score (nSPS) is 38.9. The number of carbonyl (C=O) groups is 2. The molecular weight excluding hydrogens is 322 g/mol. The summed E-state index contributed by atoms with van der Waals surface area (Å²) >= 11 is 0. The lowest BCUT2D eigenvalue weighted by Crippen LogP contribution is -2.76. The highest BCUT2D eigenvalue weighted by Crippen LogP contribution is 2.70. The van der Waals surface area contributed by atoms with E-state index >= 15 is 0 Å². The van der Waals surface area contributed by atoms with Gasteiger partial charge in [-0.05, 0) is 24.7 Å². The molecule has 5 fully saturated rings. The number of sulfone groups is 1. The van der Waals surface area contributed by atoms with Crippen LogP contribution in [0.15, 0.2) is 0 Å². The summed E-state index contributed by atoms with van der Waals surface area (Å²) < 4.78 is 23.0. The standard InChI is InChI=1S/C14H21N3O5S/c1-23(21,22)9-13-6-14(7-13,8-13)17-5-10-4-15(12(19)20)2-3-16(10)11(17)18/h10H,2-9H2,1H3,(H,19,20)/t10-,13?,14?/m0/s1. The fraction of sp³-hybridized carbons (Fsp3) is 0.857. The Morgan fingerprint density at radius 2 is 1.91 bits per heavy atom. The van der Waals surface area contributed by atoms with E-state index in [1.54, 1.807) is 4.90 Å². The molecule has 0 aromatic carbocycles. The van der Waals surface area contributed by atoms with Crippen molar-refractivity contribution in [3.63, 3.8) is 0 Å². The third kappa shape index (κ3) is 2.12. The number of fused-ring (bicyclic) bond motifs is 1. The number of urea groups is 1. The summed E-state index contributed by atoms with van der Waals surface area (Å²) in [5.74, 6) is 0.212. The quantitative estimate of drug-likeness (QED) is 0.781. The lowest BCUT2D eigenvalue weighted by Gasteiger charge is -2.73. The van der Waals surface area contributed by atoms with Crippen molar-refractivity contribution >= 4 is 22.0 Å². The summed E-state index contributed by atoms with van der Waals surface area (Å²) in [5, 5.41) is 9.11.